The maximum Gasteiger partial charge on any atom is 0.285 e. The maximum atomic E-state index is 5.50. The fourth-order valence-electron chi connectivity index (χ4n) is 2.39. The summed E-state index contributed by atoms with van der Waals surface area (Å²) in [5.41, 5.74) is 5.18. The van der Waals surface area contributed by atoms with Crippen molar-refractivity contribution in [2.24, 2.45) is 4.99 Å². The molecule has 1 aromatic rings. The topological polar surface area (TPSA) is 33.6 Å². The van der Waals surface area contributed by atoms with Crippen molar-refractivity contribution in [1.82, 2.24) is 5.32 Å². The molecule has 0 spiro atoms. The van der Waals surface area contributed by atoms with E-state index in [0.717, 1.165) is 19.4 Å². The molecule has 1 aromatic carbocycles. The molecule has 0 amide bonds. The van der Waals surface area contributed by atoms with Gasteiger partial charge in [0.25, 0.3) is 6.02 Å². The molecule has 0 bridgehead atoms. The van der Waals surface area contributed by atoms with Crippen molar-refractivity contribution in [3.63, 3.8) is 0 Å². The van der Waals surface area contributed by atoms with Gasteiger partial charge in [-0.25, -0.2) is 4.99 Å². The third-order valence-electron chi connectivity index (χ3n) is 3.90. The molecule has 0 saturated carbocycles. The highest BCUT2D eigenvalue weighted by Gasteiger charge is 2.19. The van der Waals surface area contributed by atoms with Gasteiger partial charge in [-0.3, -0.25) is 0 Å². The maximum absolute atomic E-state index is 5.50. The lowest BCUT2D eigenvalue weighted by Gasteiger charge is -2.23. The van der Waals surface area contributed by atoms with E-state index in [9.17, 15) is 0 Å². The summed E-state index contributed by atoms with van der Waals surface area (Å²) >= 11 is 0. The van der Waals surface area contributed by atoms with Crippen LogP contribution in [0.2, 0.25) is 0 Å². The van der Waals surface area contributed by atoms with Gasteiger partial charge in [0.1, 0.15) is 6.61 Å². The Morgan fingerprint density at radius 3 is 2.90 bits per heavy atom. The van der Waals surface area contributed by atoms with Gasteiger partial charge < -0.3 is 10.1 Å². The monoisotopic (exact) mass is 272 g/mol. The molecule has 20 heavy (non-hydrogen) atoms. The van der Waals surface area contributed by atoms with E-state index in [4.69, 9.17) is 4.74 Å². The highest BCUT2D eigenvalue weighted by Crippen LogP contribution is 2.26. The zero-order valence-electron chi connectivity index (χ0n) is 12.7. The number of amidine groups is 1. The van der Waals surface area contributed by atoms with Gasteiger partial charge >= 0.3 is 0 Å². The van der Waals surface area contributed by atoms with Gasteiger partial charge in [0.15, 0.2) is 0 Å². The van der Waals surface area contributed by atoms with Crippen LogP contribution in [0.15, 0.2) is 35.3 Å². The number of rotatable bonds is 5. The number of benzene rings is 1. The molecule has 0 aliphatic carbocycles. The number of hydrogen-bond acceptors (Lipinski definition) is 3. The number of aryl methyl sites for hydroxylation is 1. The minimum absolute atomic E-state index is 0.180. The molecule has 0 radical (unpaired) electrons. The molecule has 3 heteroatoms. The second-order valence-electron chi connectivity index (χ2n) is 5.33. The lowest BCUT2D eigenvalue weighted by Crippen LogP contribution is -2.29. The summed E-state index contributed by atoms with van der Waals surface area (Å²) in [6.45, 7) is 12.0. The molecule has 2 rings (SSSR count). The Labute approximate surface area is 121 Å². The Bertz CT molecular complexity index is 520. The van der Waals surface area contributed by atoms with Crippen molar-refractivity contribution in [3.8, 4) is 0 Å². The second-order valence-corrected chi connectivity index (χ2v) is 5.33. The first-order valence-electron chi connectivity index (χ1n) is 7.28. The fourth-order valence-corrected chi connectivity index (χ4v) is 2.39. The predicted molar refractivity (Wildman–Crippen MR) is 84.1 cm³/mol. The van der Waals surface area contributed by atoms with E-state index in [1.54, 1.807) is 0 Å². The third-order valence-corrected chi connectivity index (χ3v) is 3.90. The Morgan fingerprint density at radius 2 is 2.25 bits per heavy atom. The van der Waals surface area contributed by atoms with Crippen molar-refractivity contribution >= 4 is 6.02 Å². The normalized spacial score (nSPS) is 15.4. The summed E-state index contributed by atoms with van der Waals surface area (Å²) in [7, 11) is 0. The average Bonchev–Trinajstić information content (AvgIpc) is 2.94. The van der Waals surface area contributed by atoms with Crippen LogP contribution in [-0.4, -0.2) is 19.2 Å². The first-order chi connectivity index (χ1) is 9.61. The van der Waals surface area contributed by atoms with E-state index in [2.05, 4.69) is 55.9 Å². The van der Waals surface area contributed by atoms with Gasteiger partial charge in [-0.15, -0.1) is 0 Å². The van der Waals surface area contributed by atoms with Crippen LogP contribution < -0.4 is 5.32 Å². The molecular formula is C17H24N2O. The average molecular weight is 272 g/mol. The van der Waals surface area contributed by atoms with E-state index >= 15 is 0 Å². The molecule has 0 saturated heterocycles. The van der Waals surface area contributed by atoms with Gasteiger partial charge in [0.2, 0.25) is 0 Å². The molecule has 3 nitrogen and oxygen atoms in total. The number of hydrogen-bond donors (Lipinski definition) is 1. The van der Waals surface area contributed by atoms with E-state index in [-0.39, 0.29) is 6.04 Å². The first kappa shape index (κ1) is 14.6. The van der Waals surface area contributed by atoms with Crippen LogP contribution >= 0.6 is 0 Å². The summed E-state index contributed by atoms with van der Waals surface area (Å²) in [5, 5.41) is 3.43. The Balaban J connectivity index is 2.24. The largest absolute Gasteiger partial charge is 0.463 e. The van der Waals surface area contributed by atoms with E-state index < -0.39 is 0 Å². The highest BCUT2D eigenvalue weighted by molar-refractivity contribution is 5.75. The van der Waals surface area contributed by atoms with Crippen LogP contribution in [0.5, 0.6) is 0 Å². The minimum Gasteiger partial charge on any atom is -0.463 e. The van der Waals surface area contributed by atoms with Gasteiger partial charge in [-0.2, -0.15) is 0 Å². The SMILES string of the molecule is C=C(CC)CC(NC1=NCCO1)c1cccc(C)c1C. The van der Waals surface area contributed by atoms with Crippen LogP contribution in [0.3, 0.4) is 0 Å². The summed E-state index contributed by atoms with van der Waals surface area (Å²) in [4.78, 5) is 4.34. The van der Waals surface area contributed by atoms with E-state index in [0.29, 0.717) is 12.6 Å². The number of nitrogens with zero attached hydrogens (tertiary/aromatic N) is 1. The summed E-state index contributed by atoms with van der Waals surface area (Å²) in [6, 6.07) is 7.28. The van der Waals surface area contributed by atoms with Gasteiger partial charge in [0, 0.05) is 0 Å². The molecule has 1 atom stereocenters. The highest BCUT2D eigenvalue weighted by atomic mass is 16.5. The molecule has 1 aliphatic rings. The van der Waals surface area contributed by atoms with Crippen molar-refractivity contribution < 1.29 is 4.74 Å². The Morgan fingerprint density at radius 1 is 1.45 bits per heavy atom. The molecular weight excluding hydrogens is 248 g/mol. The molecule has 0 aromatic heterocycles. The number of nitrogens with one attached hydrogen (secondary N) is 1. The number of ether oxygens (including phenoxy) is 1. The lowest BCUT2D eigenvalue weighted by atomic mass is 9.93. The smallest absolute Gasteiger partial charge is 0.285 e. The molecule has 1 unspecified atom stereocenters. The molecule has 0 fully saturated rings. The molecule has 1 N–H and O–H groups in total. The standard InChI is InChI=1S/C17H24N2O/c1-5-12(2)11-16(19-17-18-9-10-20-17)15-8-6-7-13(3)14(15)4/h6-8,16H,2,5,9-11H2,1,3-4H3,(H,18,19). The van der Waals surface area contributed by atoms with Crippen LogP contribution in [-0.2, 0) is 4.74 Å². The van der Waals surface area contributed by atoms with Gasteiger partial charge in [-0.1, -0.05) is 37.3 Å². The quantitative estimate of drug-likeness (QED) is 0.830. The minimum atomic E-state index is 0.180. The zero-order valence-corrected chi connectivity index (χ0v) is 12.7. The van der Waals surface area contributed by atoms with Gasteiger partial charge in [-0.05, 0) is 43.4 Å². The number of aliphatic imine (C=N–C) groups is 1. The second kappa shape index (κ2) is 6.60. The van der Waals surface area contributed by atoms with Crippen LogP contribution in [0.4, 0.5) is 0 Å². The molecule has 1 aliphatic heterocycles. The first-order valence-corrected chi connectivity index (χ1v) is 7.28. The van der Waals surface area contributed by atoms with E-state index in [1.165, 1.54) is 22.3 Å². The zero-order chi connectivity index (χ0) is 14.5. The fraction of sp³-hybridized carbons (Fsp3) is 0.471. The van der Waals surface area contributed by atoms with Crippen molar-refractivity contribution in [2.45, 2.75) is 39.7 Å². The summed E-state index contributed by atoms with van der Waals surface area (Å²) in [6.07, 6.45) is 1.90. The van der Waals surface area contributed by atoms with E-state index in [1.807, 2.05) is 0 Å². The van der Waals surface area contributed by atoms with Crippen molar-refractivity contribution in [3.05, 3.63) is 47.0 Å². The van der Waals surface area contributed by atoms with Crippen molar-refractivity contribution in [1.29, 1.82) is 0 Å². The molecule has 108 valence electrons. The van der Waals surface area contributed by atoms with Crippen LogP contribution in [0.1, 0.15) is 42.5 Å². The summed E-state index contributed by atoms with van der Waals surface area (Å²) in [5.74, 6) is 0. The van der Waals surface area contributed by atoms with Gasteiger partial charge in [0.05, 0.1) is 12.6 Å². The van der Waals surface area contributed by atoms with Crippen LogP contribution in [0, 0.1) is 13.8 Å². The van der Waals surface area contributed by atoms with Crippen molar-refractivity contribution in [2.75, 3.05) is 13.2 Å². The lowest BCUT2D eigenvalue weighted by molar-refractivity contribution is 0.324. The Kier molecular flexibility index (Phi) is 4.83. The summed E-state index contributed by atoms with van der Waals surface area (Å²) < 4.78 is 5.50. The van der Waals surface area contributed by atoms with Crippen LogP contribution in [0.25, 0.3) is 0 Å². The molecule has 1 heterocycles. The Hall–Kier alpha value is -1.77. The predicted octanol–water partition coefficient (Wildman–Crippen LogP) is 3.68. The third kappa shape index (κ3) is 3.41.